The normalized spacial score (nSPS) is 19.1. The van der Waals surface area contributed by atoms with E-state index >= 15 is 0 Å². The molecule has 1 aromatic carbocycles. The number of carbonyl (C=O) groups is 2. The number of benzene rings is 1. The van der Waals surface area contributed by atoms with Gasteiger partial charge in [-0.2, -0.15) is 0 Å². The highest BCUT2D eigenvalue weighted by atomic mass is 16.5. The lowest BCUT2D eigenvalue weighted by atomic mass is 9.79. The van der Waals surface area contributed by atoms with Gasteiger partial charge in [-0.3, -0.25) is 9.59 Å². The highest BCUT2D eigenvalue weighted by Crippen LogP contribution is 2.32. The van der Waals surface area contributed by atoms with Crippen molar-refractivity contribution in [3.63, 3.8) is 0 Å². The van der Waals surface area contributed by atoms with Crippen LogP contribution in [0.3, 0.4) is 0 Å². The Balaban J connectivity index is 2.03. The van der Waals surface area contributed by atoms with Crippen LogP contribution in [0.5, 0.6) is 0 Å². The van der Waals surface area contributed by atoms with Crippen LogP contribution in [0.4, 0.5) is 0 Å². The molecule has 0 unspecified atom stereocenters. The molecule has 0 bridgehead atoms. The number of fused-ring (bicyclic) bond motifs is 2. The summed E-state index contributed by atoms with van der Waals surface area (Å²) >= 11 is 0. The molecular weight excluding hydrogens is 332 g/mol. The lowest BCUT2D eigenvalue weighted by Gasteiger charge is -2.29. The molecule has 0 aliphatic heterocycles. The molecule has 3 rings (SSSR count). The Morgan fingerprint density at radius 1 is 0.885 bits per heavy atom. The fourth-order valence-electron chi connectivity index (χ4n) is 3.41. The summed E-state index contributed by atoms with van der Waals surface area (Å²) in [6.07, 6.45) is 0.682. The number of aromatic nitrogens is 2. The largest absolute Gasteiger partial charge is 0.466 e. The maximum Gasteiger partial charge on any atom is 0.310 e. The number of nitrogens with zero attached hydrogens (tertiary/aromatic N) is 2. The molecule has 6 heteroatoms. The fraction of sp³-hybridized carbons (Fsp3) is 0.500. The predicted octanol–water partition coefficient (Wildman–Crippen LogP) is 2.70. The number of hydrogen-bond donors (Lipinski definition) is 0. The first-order chi connectivity index (χ1) is 12.4. The SMILES string of the molecule is CCOC(=O)[C@@H]1Cc2nc3cc(C)c(C)cc3nc2C[C@H]1C(=O)OCC. The lowest BCUT2D eigenvalue weighted by molar-refractivity contribution is -0.160. The van der Waals surface area contributed by atoms with Crippen LogP contribution in [0.1, 0.15) is 36.4 Å². The average molecular weight is 356 g/mol. The van der Waals surface area contributed by atoms with Gasteiger partial charge in [0.25, 0.3) is 0 Å². The van der Waals surface area contributed by atoms with Gasteiger partial charge in [-0.05, 0) is 51.0 Å². The van der Waals surface area contributed by atoms with Gasteiger partial charge in [0.05, 0.1) is 47.5 Å². The fourth-order valence-corrected chi connectivity index (χ4v) is 3.41. The van der Waals surface area contributed by atoms with Crippen LogP contribution in [0, 0.1) is 25.7 Å². The maximum absolute atomic E-state index is 12.4. The molecule has 0 radical (unpaired) electrons. The first kappa shape index (κ1) is 18.3. The van der Waals surface area contributed by atoms with Crippen LogP contribution in [0.15, 0.2) is 12.1 Å². The quantitative estimate of drug-likeness (QED) is 0.784. The predicted molar refractivity (Wildman–Crippen MR) is 96.7 cm³/mol. The van der Waals surface area contributed by atoms with Gasteiger partial charge in [-0.1, -0.05) is 0 Å². The number of rotatable bonds is 4. The van der Waals surface area contributed by atoms with Crippen molar-refractivity contribution in [3.8, 4) is 0 Å². The lowest BCUT2D eigenvalue weighted by Crippen LogP contribution is -2.39. The van der Waals surface area contributed by atoms with Crippen molar-refractivity contribution in [1.29, 1.82) is 0 Å². The second-order valence-electron chi connectivity index (χ2n) is 6.67. The van der Waals surface area contributed by atoms with Crippen molar-refractivity contribution < 1.29 is 19.1 Å². The highest BCUT2D eigenvalue weighted by Gasteiger charge is 2.41. The van der Waals surface area contributed by atoms with Crippen LogP contribution in [-0.2, 0) is 31.9 Å². The van der Waals surface area contributed by atoms with E-state index in [0.717, 1.165) is 33.5 Å². The zero-order valence-corrected chi connectivity index (χ0v) is 15.7. The van der Waals surface area contributed by atoms with Crippen LogP contribution < -0.4 is 0 Å². The van der Waals surface area contributed by atoms with Crippen LogP contribution >= 0.6 is 0 Å². The molecule has 0 amide bonds. The van der Waals surface area contributed by atoms with E-state index < -0.39 is 11.8 Å². The molecule has 1 aliphatic rings. The minimum Gasteiger partial charge on any atom is -0.466 e. The number of aryl methyl sites for hydroxylation is 2. The molecule has 0 saturated carbocycles. The Bertz CT molecular complexity index is 792. The molecule has 2 atom stereocenters. The Morgan fingerprint density at radius 3 is 1.62 bits per heavy atom. The number of carbonyl (C=O) groups excluding carboxylic acids is 2. The van der Waals surface area contributed by atoms with E-state index in [1.54, 1.807) is 13.8 Å². The highest BCUT2D eigenvalue weighted by molar-refractivity contribution is 5.84. The first-order valence-corrected chi connectivity index (χ1v) is 9.04. The average Bonchev–Trinajstić information content (AvgIpc) is 2.60. The summed E-state index contributed by atoms with van der Waals surface area (Å²) in [7, 11) is 0. The molecule has 1 aliphatic carbocycles. The molecule has 0 spiro atoms. The van der Waals surface area contributed by atoms with Crippen molar-refractivity contribution in [1.82, 2.24) is 9.97 Å². The third-order valence-electron chi connectivity index (χ3n) is 4.93. The van der Waals surface area contributed by atoms with Gasteiger partial charge < -0.3 is 9.47 Å². The van der Waals surface area contributed by atoms with Gasteiger partial charge in [0.1, 0.15) is 0 Å². The summed E-state index contributed by atoms with van der Waals surface area (Å²) in [5.74, 6) is -1.92. The summed E-state index contributed by atoms with van der Waals surface area (Å²) in [4.78, 5) is 34.3. The summed E-state index contributed by atoms with van der Waals surface area (Å²) in [5.41, 5.74) is 5.44. The third-order valence-corrected chi connectivity index (χ3v) is 4.93. The van der Waals surface area contributed by atoms with Crippen molar-refractivity contribution >= 4 is 23.0 Å². The van der Waals surface area contributed by atoms with Gasteiger partial charge in [-0.25, -0.2) is 9.97 Å². The van der Waals surface area contributed by atoms with Crippen molar-refractivity contribution in [2.45, 2.75) is 40.5 Å². The maximum atomic E-state index is 12.4. The standard InChI is InChI=1S/C20H24N2O4/c1-5-25-19(23)13-9-17-18(10-14(13)20(24)26-6-2)22-16-8-12(4)11(3)7-15(16)21-17/h7-8,13-14H,5-6,9-10H2,1-4H3/t13-,14-/m1/s1. The summed E-state index contributed by atoms with van der Waals surface area (Å²) in [6.45, 7) is 8.14. The van der Waals surface area contributed by atoms with Crippen LogP contribution in [0.2, 0.25) is 0 Å². The van der Waals surface area contributed by atoms with Gasteiger partial charge in [0, 0.05) is 12.8 Å². The van der Waals surface area contributed by atoms with E-state index in [-0.39, 0.29) is 25.2 Å². The second-order valence-corrected chi connectivity index (χ2v) is 6.67. The minimum absolute atomic E-state index is 0.277. The van der Waals surface area contributed by atoms with E-state index in [4.69, 9.17) is 19.4 Å². The van der Waals surface area contributed by atoms with E-state index in [1.165, 1.54) is 0 Å². The Labute approximate surface area is 152 Å². The molecule has 0 fully saturated rings. The van der Waals surface area contributed by atoms with Crippen LogP contribution in [-0.4, -0.2) is 35.1 Å². The zero-order valence-electron chi connectivity index (χ0n) is 15.7. The number of hydrogen-bond acceptors (Lipinski definition) is 6. The third kappa shape index (κ3) is 3.41. The van der Waals surface area contributed by atoms with Crippen molar-refractivity contribution in [3.05, 3.63) is 34.6 Å². The molecule has 1 heterocycles. The number of ether oxygens (including phenoxy) is 2. The van der Waals surface area contributed by atoms with E-state index in [1.807, 2.05) is 26.0 Å². The molecule has 2 aromatic rings. The van der Waals surface area contributed by atoms with Crippen molar-refractivity contribution in [2.75, 3.05) is 13.2 Å². The van der Waals surface area contributed by atoms with Gasteiger partial charge in [0.2, 0.25) is 0 Å². The Hall–Kier alpha value is -2.50. The van der Waals surface area contributed by atoms with Gasteiger partial charge in [0.15, 0.2) is 0 Å². The van der Waals surface area contributed by atoms with Gasteiger partial charge >= 0.3 is 11.9 Å². The van der Waals surface area contributed by atoms with E-state index in [9.17, 15) is 9.59 Å². The number of esters is 2. The first-order valence-electron chi connectivity index (χ1n) is 9.04. The van der Waals surface area contributed by atoms with Gasteiger partial charge in [-0.15, -0.1) is 0 Å². The summed E-state index contributed by atoms with van der Waals surface area (Å²) in [5, 5.41) is 0. The summed E-state index contributed by atoms with van der Waals surface area (Å²) < 4.78 is 10.4. The molecule has 0 N–H and O–H groups in total. The van der Waals surface area contributed by atoms with E-state index in [2.05, 4.69) is 0 Å². The second kappa shape index (κ2) is 7.40. The topological polar surface area (TPSA) is 78.4 Å². The molecule has 6 nitrogen and oxygen atoms in total. The molecule has 138 valence electrons. The Morgan fingerprint density at radius 2 is 1.27 bits per heavy atom. The molecular formula is C20H24N2O4. The zero-order chi connectivity index (χ0) is 18.8. The Kier molecular flexibility index (Phi) is 5.20. The van der Waals surface area contributed by atoms with Crippen molar-refractivity contribution in [2.24, 2.45) is 11.8 Å². The smallest absolute Gasteiger partial charge is 0.310 e. The van der Waals surface area contributed by atoms with E-state index in [0.29, 0.717) is 12.8 Å². The molecule has 26 heavy (non-hydrogen) atoms. The van der Waals surface area contributed by atoms with Crippen LogP contribution in [0.25, 0.3) is 11.0 Å². The molecule has 1 aromatic heterocycles. The molecule has 0 saturated heterocycles. The monoisotopic (exact) mass is 356 g/mol. The minimum atomic E-state index is -0.584. The summed E-state index contributed by atoms with van der Waals surface area (Å²) in [6, 6.07) is 4.02.